The van der Waals surface area contributed by atoms with E-state index >= 15 is 0 Å². The van der Waals surface area contributed by atoms with Crippen LogP contribution in [0.25, 0.3) is 21.5 Å². The minimum Gasteiger partial charge on any atom is -0.314 e. The first kappa shape index (κ1) is 33.1. The van der Waals surface area contributed by atoms with Gasteiger partial charge in [0.1, 0.15) is 0 Å². The lowest BCUT2D eigenvalue weighted by atomic mass is 10.1. The van der Waals surface area contributed by atoms with Gasteiger partial charge in [0.25, 0.3) is 0 Å². The minimum atomic E-state index is 0.856. The maximum Gasteiger partial charge on any atom is 0.0539 e. The first-order valence-corrected chi connectivity index (χ1v) is 15.9. The van der Waals surface area contributed by atoms with E-state index in [1.165, 1.54) is 21.5 Å². The summed E-state index contributed by atoms with van der Waals surface area (Å²) in [6.07, 6.45) is 16.4. The van der Waals surface area contributed by atoms with Crippen LogP contribution in [0.1, 0.15) is 13.8 Å². The quantitative estimate of drug-likeness (QED) is 0.111. The lowest BCUT2D eigenvalue weighted by molar-refractivity contribution is 1.16. The van der Waals surface area contributed by atoms with Crippen molar-refractivity contribution in [2.45, 2.75) is 13.8 Å². The Balaban J connectivity index is 0.00000221. The Morgan fingerprint density at radius 1 is 0.500 bits per heavy atom. The van der Waals surface area contributed by atoms with Gasteiger partial charge in [-0.3, -0.25) is 0 Å². The van der Waals surface area contributed by atoms with Crippen LogP contribution in [0, 0.1) is 12.8 Å². The number of nitrogens with zero attached hydrogens (tertiary/aromatic N) is 2. The number of rotatable bonds is 10. The topological polar surface area (TPSA) is 6.48 Å². The Labute approximate surface area is 285 Å². The number of hydrogen-bond acceptors (Lipinski definition) is 2. The molecule has 0 amide bonds. The summed E-state index contributed by atoms with van der Waals surface area (Å²) >= 11 is 0. The van der Waals surface area contributed by atoms with Gasteiger partial charge in [-0.25, -0.2) is 0 Å². The molecule has 0 aliphatic carbocycles. The van der Waals surface area contributed by atoms with E-state index in [2.05, 4.69) is 213 Å². The van der Waals surface area contributed by atoms with Crippen LogP contribution >= 0.6 is 0 Å². The van der Waals surface area contributed by atoms with E-state index in [-0.39, 0.29) is 0 Å². The van der Waals surface area contributed by atoms with E-state index in [0.717, 1.165) is 45.3 Å². The van der Waals surface area contributed by atoms with Crippen molar-refractivity contribution in [3.8, 4) is 12.8 Å². The molecule has 0 N–H and O–H groups in total. The van der Waals surface area contributed by atoms with E-state index in [1.54, 1.807) is 0 Å². The molecule has 6 aromatic rings. The van der Waals surface area contributed by atoms with Crippen molar-refractivity contribution in [2.24, 2.45) is 0 Å². The maximum atomic E-state index is 4.50. The van der Waals surface area contributed by atoms with Crippen molar-refractivity contribution in [3.05, 3.63) is 206 Å². The van der Waals surface area contributed by atoms with Crippen molar-refractivity contribution in [1.29, 1.82) is 0 Å². The number of para-hydroxylation sites is 2. The average Bonchev–Trinajstić information content (AvgIpc) is 3.15. The molecular weight excluding hydrogens is 581 g/mol. The summed E-state index contributed by atoms with van der Waals surface area (Å²) in [5.74, 6) is 0. The van der Waals surface area contributed by atoms with Crippen molar-refractivity contribution in [1.82, 2.24) is 0 Å². The molecular formula is C46H40N2. The second kappa shape index (κ2) is 15.8. The number of hydrogen-bond donors (Lipinski definition) is 0. The largest absolute Gasteiger partial charge is 0.314 e. The van der Waals surface area contributed by atoms with E-state index in [4.69, 9.17) is 0 Å². The Hall–Kier alpha value is -6.30. The first-order chi connectivity index (χ1) is 23.5. The molecule has 48 heavy (non-hydrogen) atoms. The number of fused-ring (bicyclic) bond motifs is 2. The van der Waals surface area contributed by atoms with E-state index in [9.17, 15) is 0 Å². The van der Waals surface area contributed by atoms with Crippen LogP contribution in [0.5, 0.6) is 0 Å². The number of terminal acetylenes is 1. The van der Waals surface area contributed by atoms with Crippen LogP contribution in [0.15, 0.2) is 206 Å². The zero-order valence-corrected chi connectivity index (χ0v) is 27.6. The van der Waals surface area contributed by atoms with Gasteiger partial charge < -0.3 is 9.80 Å². The third kappa shape index (κ3) is 7.39. The van der Waals surface area contributed by atoms with Gasteiger partial charge in [-0.05, 0) is 84.3 Å². The van der Waals surface area contributed by atoms with Crippen LogP contribution in [0.2, 0.25) is 0 Å². The van der Waals surface area contributed by atoms with Crippen molar-refractivity contribution < 1.29 is 0 Å². The van der Waals surface area contributed by atoms with Crippen molar-refractivity contribution >= 4 is 44.3 Å². The lowest BCUT2D eigenvalue weighted by Crippen LogP contribution is -2.14. The van der Waals surface area contributed by atoms with Gasteiger partial charge in [0.05, 0.1) is 11.4 Å². The Kier molecular flexibility index (Phi) is 10.9. The van der Waals surface area contributed by atoms with E-state index < -0.39 is 0 Å². The number of benzene rings is 6. The molecule has 6 aromatic carbocycles. The zero-order chi connectivity index (χ0) is 33.9. The fourth-order valence-electron chi connectivity index (χ4n) is 5.78. The van der Waals surface area contributed by atoms with Crippen molar-refractivity contribution in [2.75, 3.05) is 9.80 Å². The predicted octanol–water partition coefficient (Wildman–Crippen LogP) is 12.7. The third-order valence-corrected chi connectivity index (χ3v) is 8.24. The number of anilines is 4. The molecule has 0 radical (unpaired) electrons. The van der Waals surface area contributed by atoms with Crippen LogP contribution in [0.4, 0.5) is 22.7 Å². The standard InChI is InChI=1S/C44H38N2.C2H2/c1-33(29-31-35(3)45(39-21-7-5-8-22-39)43-27-15-19-37-17-11-13-25-41(37)43)34(2)30-32-36(4)46(40-23-9-6-10-24-40)44-28-16-20-38-18-12-14-26-42(38)44;1-2/h5-32H,1,3H2,2,4H3;1-2H/b31-29-,34-30+,36-32+;. The van der Waals surface area contributed by atoms with Gasteiger partial charge in [0, 0.05) is 33.5 Å². The van der Waals surface area contributed by atoms with Crippen LogP contribution in [-0.4, -0.2) is 0 Å². The Bertz CT molecular complexity index is 2140. The second-order valence-electron chi connectivity index (χ2n) is 11.3. The van der Waals surface area contributed by atoms with Gasteiger partial charge in [-0.1, -0.05) is 135 Å². The molecule has 0 atom stereocenters. The Morgan fingerprint density at radius 3 is 1.48 bits per heavy atom. The lowest BCUT2D eigenvalue weighted by Gasteiger charge is -2.27. The average molecular weight is 621 g/mol. The number of allylic oxidation sites excluding steroid dienone is 7. The highest BCUT2D eigenvalue weighted by Crippen LogP contribution is 2.37. The highest BCUT2D eigenvalue weighted by atomic mass is 15.2. The molecule has 0 aliphatic heterocycles. The third-order valence-electron chi connectivity index (χ3n) is 8.24. The molecule has 0 saturated heterocycles. The fraction of sp³-hybridized carbons (Fsp3) is 0.0435. The van der Waals surface area contributed by atoms with Crippen LogP contribution in [0.3, 0.4) is 0 Å². The summed E-state index contributed by atoms with van der Waals surface area (Å²) in [7, 11) is 0. The monoisotopic (exact) mass is 620 g/mol. The molecule has 0 saturated carbocycles. The minimum absolute atomic E-state index is 0.856. The van der Waals surface area contributed by atoms with Gasteiger partial charge in [0.15, 0.2) is 0 Å². The molecule has 0 heterocycles. The first-order valence-electron chi connectivity index (χ1n) is 15.9. The molecule has 0 aromatic heterocycles. The zero-order valence-electron chi connectivity index (χ0n) is 27.6. The van der Waals surface area contributed by atoms with Gasteiger partial charge >= 0.3 is 0 Å². The summed E-state index contributed by atoms with van der Waals surface area (Å²) < 4.78 is 0. The molecule has 6 rings (SSSR count). The second-order valence-corrected chi connectivity index (χ2v) is 11.3. The molecule has 0 fully saturated rings. The van der Waals surface area contributed by atoms with Crippen LogP contribution in [-0.2, 0) is 0 Å². The summed E-state index contributed by atoms with van der Waals surface area (Å²) in [6, 6.07) is 50.8. The van der Waals surface area contributed by atoms with Crippen molar-refractivity contribution in [3.63, 3.8) is 0 Å². The molecule has 0 bridgehead atoms. The molecule has 2 nitrogen and oxygen atoms in total. The summed E-state index contributed by atoms with van der Waals surface area (Å²) in [5, 5.41) is 4.79. The van der Waals surface area contributed by atoms with E-state index in [0.29, 0.717) is 0 Å². The van der Waals surface area contributed by atoms with Crippen LogP contribution < -0.4 is 9.80 Å². The summed E-state index contributed by atoms with van der Waals surface area (Å²) in [6.45, 7) is 13.2. The van der Waals surface area contributed by atoms with Gasteiger partial charge in [0.2, 0.25) is 0 Å². The highest BCUT2D eigenvalue weighted by molar-refractivity contribution is 5.98. The molecule has 0 aliphatic rings. The fourth-order valence-corrected chi connectivity index (χ4v) is 5.78. The molecule has 0 unspecified atom stereocenters. The Morgan fingerprint density at radius 2 is 0.938 bits per heavy atom. The molecule has 234 valence electrons. The van der Waals surface area contributed by atoms with Gasteiger partial charge in [-0.2, -0.15) is 0 Å². The normalized spacial score (nSPS) is 11.6. The molecule has 2 heteroatoms. The van der Waals surface area contributed by atoms with E-state index in [1.807, 2.05) is 6.07 Å². The summed E-state index contributed by atoms with van der Waals surface area (Å²) in [5.41, 5.74) is 8.36. The SMILES string of the molecule is C#C.C=C(/C=C\C(=C)N(c1ccccc1)c1cccc2ccccc12)/C(C)=C/C=C(\C)N(c1ccccc1)c1cccc2ccccc12. The predicted molar refractivity (Wildman–Crippen MR) is 210 cm³/mol. The maximum absolute atomic E-state index is 4.50. The molecule has 0 spiro atoms. The highest BCUT2D eigenvalue weighted by Gasteiger charge is 2.15. The summed E-state index contributed by atoms with van der Waals surface area (Å²) in [4.78, 5) is 4.52. The smallest absolute Gasteiger partial charge is 0.0539 e. The van der Waals surface area contributed by atoms with Gasteiger partial charge in [-0.15, -0.1) is 12.8 Å².